The largest absolute Gasteiger partial charge is 0.416 e. The number of imidazole rings is 1. The zero-order valence-electron chi connectivity index (χ0n) is 20.3. The first-order valence-corrected chi connectivity index (χ1v) is 13.5. The van der Waals surface area contributed by atoms with E-state index in [0.29, 0.717) is 45.9 Å². The normalized spacial score (nSPS) is 12.0. The topological polar surface area (TPSA) is 46.9 Å². The maximum atomic E-state index is 13.2. The number of alkyl halides is 6. The van der Waals surface area contributed by atoms with E-state index in [2.05, 4.69) is 10.3 Å². The Morgan fingerprint density at radius 3 is 2.05 bits per heavy atom. The summed E-state index contributed by atoms with van der Waals surface area (Å²) < 4.78 is 80.9. The van der Waals surface area contributed by atoms with Crippen LogP contribution in [0.15, 0.2) is 73.2 Å². The third-order valence-electron chi connectivity index (χ3n) is 5.78. The lowest BCUT2D eigenvalue weighted by atomic mass is 9.99. The first kappa shape index (κ1) is 29.8. The SMILES string of the molecule is O=C(NCCSCc1c(Cl)cccc1Cl)c1cncn1-c1ccc(-c2cc(C(F)(F)F)cc(C(F)(F)F)c2)cc1. The predicted octanol–water partition coefficient (Wildman–Crippen LogP) is 8.55. The standard InChI is InChI=1S/C27H19Cl2F6N3OS/c28-22-2-1-3-23(29)21(22)14-40-9-8-37-25(39)24-13-36-15-38(24)20-6-4-16(5-7-20)17-10-18(26(30,31)32)12-19(11-17)27(33,34)35/h1-7,10-13,15H,8-9,14H2,(H,37,39). The number of amides is 1. The summed E-state index contributed by atoms with van der Waals surface area (Å²) in [7, 11) is 0. The van der Waals surface area contributed by atoms with Crippen molar-refractivity contribution in [3.05, 3.63) is 106 Å². The zero-order chi connectivity index (χ0) is 29.1. The Balaban J connectivity index is 1.44. The molecule has 4 aromatic rings. The quantitative estimate of drug-likeness (QED) is 0.159. The van der Waals surface area contributed by atoms with E-state index in [4.69, 9.17) is 23.2 Å². The molecule has 4 rings (SSSR count). The van der Waals surface area contributed by atoms with Crippen LogP contribution < -0.4 is 5.32 Å². The third-order valence-corrected chi connectivity index (χ3v) is 7.47. The molecule has 0 unspecified atom stereocenters. The smallest absolute Gasteiger partial charge is 0.350 e. The van der Waals surface area contributed by atoms with Crippen molar-refractivity contribution in [3.63, 3.8) is 0 Å². The van der Waals surface area contributed by atoms with Gasteiger partial charge < -0.3 is 5.32 Å². The summed E-state index contributed by atoms with van der Waals surface area (Å²) in [5.41, 5.74) is -1.45. The minimum absolute atomic E-state index is 0.0821. The molecule has 0 radical (unpaired) electrons. The molecule has 13 heteroatoms. The highest BCUT2D eigenvalue weighted by molar-refractivity contribution is 7.98. The molecule has 40 heavy (non-hydrogen) atoms. The fraction of sp³-hybridized carbons (Fsp3) is 0.185. The van der Waals surface area contributed by atoms with Crippen LogP contribution in [0.2, 0.25) is 10.0 Å². The summed E-state index contributed by atoms with van der Waals surface area (Å²) in [6, 6.07) is 12.4. The summed E-state index contributed by atoms with van der Waals surface area (Å²) >= 11 is 13.9. The molecule has 1 heterocycles. The Morgan fingerprint density at radius 2 is 1.48 bits per heavy atom. The Hall–Kier alpha value is -3.15. The molecule has 0 bridgehead atoms. The van der Waals surface area contributed by atoms with E-state index < -0.39 is 29.4 Å². The Morgan fingerprint density at radius 1 is 0.875 bits per heavy atom. The van der Waals surface area contributed by atoms with Crippen molar-refractivity contribution in [2.24, 2.45) is 0 Å². The summed E-state index contributed by atoms with van der Waals surface area (Å²) in [6.45, 7) is 0.340. The van der Waals surface area contributed by atoms with Gasteiger partial charge in [0, 0.05) is 33.8 Å². The third kappa shape index (κ3) is 7.13. The zero-order valence-corrected chi connectivity index (χ0v) is 22.6. The molecule has 1 aromatic heterocycles. The fourth-order valence-electron chi connectivity index (χ4n) is 3.78. The number of rotatable bonds is 8. The summed E-state index contributed by atoms with van der Waals surface area (Å²) in [5.74, 6) is 0.729. The van der Waals surface area contributed by atoms with Crippen molar-refractivity contribution in [2.75, 3.05) is 12.3 Å². The highest BCUT2D eigenvalue weighted by Gasteiger charge is 2.37. The second-order valence-corrected chi connectivity index (χ2v) is 10.4. The molecule has 0 fully saturated rings. The van der Waals surface area contributed by atoms with Crippen LogP contribution in [-0.2, 0) is 18.1 Å². The lowest BCUT2D eigenvalue weighted by molar-refractivity contribution is -0.143. The molecule has 1 N–H and O–H groups in total. The monoisotopic (exact) mass is 617 g/mol. The molecule has 0 aliphatic rings. The van der Waals surface area contributed by atoms with E-state index in [0.717, 1.165) is 5.56 Å². The van der Waals surface area contributed by atoms with Gasteiger partial charge in [0.25, 0.3) is 5.91 Å². The van der Waals surface area contributed by atoms with Crippen molar-refractivity contribution in [1.29, 1.82) is 0 Å². The number of benzene rings is 3. The van der Waals surface area contributed by atoms with Crippen molar-refractivity contribution >= 4 is 40.9 Å². The van der Waals surface area contributed by atoms with Gasteiger partial charge in [0.1, 0.15) is 5.69 Å². The second kappa shape index (κ2) is 12.2. The number of thioether (sulfide) groups is 1. The van der Waals surface area contributed by atoms with Gasteiger partial charge in [-0.2, -0.15) is 38.1 Å². The number of carbonyl (C=O) groups is 1. The van der Waals surface area contributed by atoms with E-state index in [9.17, 15) is 31.1 Å². The average Bonchev–Trinajstić information content (AvgIpc) is 3.39. The maximum absolute atomic E-state index is 13.2. The highest BCUT2D eigenvalue weighted by Crippen LogP contribution is 2.38. The predicted molar refractivity (Wildman–Crippen MR) is 144 cm³/mol. The van der Waals surface area contributed by atoms with Crippen molar-refractivity contribution in [1.82, 2.24) is 14.9 Å². The average molecular weight is 618 g/mol. The number of carbonyl (C=O) groups excluding carboxylic acids is 1. The van der Waals surface area contributed by atoms with Gasteiger partial charge in [-0.15, -0.1) is 0 Å². The highest BCUT2D eigenvalue weighted by atomic mass is 35.5. The van der Waals surface area contributed by atoms with E-state index in [1.165, 1.54) is 53.1 Å². The van der Waals surface area contributed by atoms with Crippen LogP contribution >= 0.6 is 35.0 Å². The summed E-state index contributed by atoms with van der Waals surface area (Å²) in [5, 5.41) is 3.91. The summed E-state index contributed by atoms with van der Waals surface area (Å²) in [4.78, 5) is 16.8. The van der Waals surface area contributed by atoms with Gasteiger partial charge in [-0.05, 0) is 59.2 Å². The molecular formula is C27H19Cl2F6N3OS. The van der Waals surface area contributed by atoms with E-state index in [1.54, 1.807) is 18.2 Å². The van der Waals surface area contributed by atoms with Crippen LogP contribution in [0.4, 0.5) is 26.3 Å². The van der Waals surface area contributed by atoms with E-state index in [-0.39, 0.29) is 22.9 Å². The van der Waals surface area contributed by atoms with Crippen LogP contribution in [0, 0.1) is 0 Å². The number of aromatic nitrogens is 2. The van der Waals surface area contributed by atoms with Crippen molar-refractivity contribution in [2.45, 2.75) is 18.1 Å². The Bertz CT molecular complexity index is 1450. The van der Waals surface area contributed by atoms with Gasteiger partial charge in [0.2, 0.25) is 0 Å². The fourth-order valence-corrected chi connectivity index (χ4v) is 5.37. The maximum Gasteiger partial charge on any atom is 0.416 e. The molecule has 4 nitrogen and oxygen atoms in total. The van der Waals surface area contributed by atoms with Crippen LogP contribution in [0.3, 0.4) is 0 Å². The molecular weight excluding hydrogens is 599 g/mol. The molecule has 0 aliphatic carbocycles. The van der Waals surface area contributed by atoms with Gasteiger partial charge in [-0.25, -0.2) is 4.98 Å². The van der Waals surface area contributed by atoms with Crippen molar-refractivity contribution in [3.8, 4) is 16.8 Å². The van der Waals surface area contributed by atoms with Gasteiger partial charge in [-0.3, -0.25) is 9.36 Å². The lowest BCUT2D eigenvalue weighted by Crippen LogP contribution is -2.27. The van der Waals surface area contributed by atoms with Crippen LogP contribution in [0.1, 0.15) is 27.2 Å². The number of hydrogen-bond acceptors (Lipinski definition) is 3. The molecule has 3 aromatic carbocycles. The first-order valence-electron chi connectivity index (χ1n) is 11.6. The van der Waals surface area contributed by atoms with Crippen molar-refractivity contribution < 1.29 is 31.1 Å². The molecule has 0 aliphatic heterocycles. The molecule has 0 saturated heterocycles. The minimum Gasteiger partial charge on any atom is -0.350 e. The van der Waals surface area contributed by atoms with Crippen LogP contribution in [0.25, 0.3) is 16.8 Å². The first-order chi connectivity index (χ1) is 18.8. The molecule has 210 valence electrons. The Kier molecular flexibility index (Phi) is 9.06. The molecule has 0 saturated carbocycles. The van der Waals surface area contributed by atoms with E-state index >= 15 is 0 Å². The van der Waals surface area contributed by atoms with Gasteiger partial charge >= 0.3 is 12.4 Å². The minimum atomic E-state index is -4.95. The number of nitrogens with one attached hydrogen (secondary N) is 1. The van der Waals surface area contributed by atoms with Gasteiger partial charge in [0.15, 0.2) is 0 Å². The number of hydrogen-bond donors (Lipinski definition) is 1. The molecule has 0 spiro atoms. The second-order valence-electron chi connectivity index (χ2n) is 8.50. The number of halogens is 8. The Labute approximate surface area is 239 Å². The van der Waals surface area contributed by atoms with Crippen LogP contribution in [0.5, 0.6) is 0 Å². The summed E-state index contributed by atoms with van der Waals surface area (Å²) in [6.07, 6.45) is -7.17. The lowest BCUT2D eigenvalue weighted by Gasteiger charge is -2.15. The van der Waals surface area contributed by atoms with Gasteiger partial charge in [-0.1, -0.05) is 41.4 Å². The van der Waals surface area contributed by atoms with Gasteiger partial charge in [0.05, 0.1) is 23.7 Å². The van der Waals surface area contributed by atoms with E-state index in [1.807, 2.05) is 0 Å². The van der Waals surface area contributed by atoms with Crippen LogP contribution in [-0.4, -0.2) is 27.8 Å². The molecule has 1 amide bonds. The number of nitrogens with zero attached hydrogens (tertiary/aromatic N) is 2. The molecule has 0 atom stereocenters.